The molecular formula is C20H26N2O3. The molecule has 134 valence electrons. The molecule has 0 aromatic heterocycles. The molecule has 1 atom stereocenters. The second kappa shape index (κ2) is 9.08. The van der Waals surface area contributed by atoms with Gasteiger partial charge in [0.25, 0.3) is 0 Å². The van der Waals surface area contributed by atoms with Crippen molar-refractivity contribution in [2.24, 2.45) is 0 Å². The van der Waals surface area contributed by atoms with Crippen molar-refractivity contribution in [3.63, 3.8) is 0 Å². The standard InChI is InChI=1S/C20H26N2O3/c1-15(20(23)21-17-8-6-5-7-9-17)22(2)13-12-16-10-11-18(24-3)19(14-16)25-4/h5-11,14-15H,12-13H2,1-4H3,(H,21,23)/t15-/m0/s1. The number of amides is 1. The Balaban J connectivity index is 1.90. The Kier molecular flexibility index (Phi) is 6.83. The lowest BCUT2D eigenvalue weighted by atomic mass is 10.1. The zero-order chi connectivity index (χ0) is 18.2. The number of methoxy groups -OCH3 is 2. The molecule has 2 aromatic rings. The summed E-state index contributed by atoms with van der Waals surface area (Å²) in [6.07, 6.45) is 0.819. The SMILES string of the molecule is COc1ccc(CCN(C)[C@@H](C)C(=O)Nc2ccccc2)cc1OC. The van der Waals surface area contributed by atoms with Crippen LogP contribution >= 0.6 is 0 Å². The number of benzene rings is 2. The molecule has 5 nitrogen and oxygen atoms in total. The molecular weight excluding hydrogens is 316 g/mol. The highest BCUT2D eigenvalue weighted by Gasteiger charge is 2.18. The summed E-state index contributed by atoms with van der Waals surface area (Å²) in [5.41, 5.74) is 1.95. The average molecular weight is 342 g/mol. The van der Waals surface area contributed by atoms with Gasteiger partial charge in [0.2, 0.25) is 5.91 Å². The molecule has 0 unspecified atom stereocenters. The number of anilines is 1. The highest BCUT2D eigenvalue weighted by molar-refractivity contribution is 5.94. The molecule has 0 radical (unpaired) electrons. The molecule has 0 heterocycles. The number of hydrogen-bond acceptors (Lipinski definition) is 4. The van der Waals surface area contributed by atoms with Crippen LogP contribution in [0.1, 0.15) is 12.5 Å². The van der Waals surface area contributed by atoms with Crippen molar-refractivity contribution in [2.45, 2.75) is 19.4 Å². The number of carbonyl (C=O) groups excluding carboxylic acids is 1. The van der Waals surface area contributed by atoms with Crippen LogP contribution in [0.25, 0.3) is 0 Å². The summed E-state index contributed by atoms with van der Waals surface area (Å²) in [5.74, 6) is 1.42. The number of nitrogens with one attached hydrogen (secondary N) is 1. The molecule has 0 bridgehead atoms. The van der Waals surface area contributed by atoms with Gasteiger partial charge in [-0.05, 0) is 50.2 Å². The fourth-order valence-corrected chi connectivity index (χ4v) is 2.50. The Morgan fingerprint density at radius 2 is 1.76 bits per heavy atom. The third kappa shape index (κ3) is 5.22. The highest BCUT2D eigenvalue weighted by atomic mass is 16.5. The van der Waals surface area contributed by atoms with Crippen molar-refractivity contribution in [3.8, 4) is 11.5 Å². The van der Waals surface area contributed by atoms with E-state index < -0.39 is 0 Å². The van der Waals surface area contributed by atoms with Crippen LogP contribution in [-0.4, -0.2) is 44.7 Å². The van der Waals surface area contributed by atoms with Gasteiger partial charge in [0.1, 0.15) is 0 Å². The van der Waals surface area contributed by atoms with E-state index in [-0.39, 0.29) is 11.9 Å². The zero-order valence-electron chi connectivity index (χ0n) is 15.3. The first-order valence-corrected chi connectivity index (χ1v) is 8.32. The quantitative estimate of drug-likeness (QED) is 0.800. The van der Waals surface area contributed by atoms with Gasteiger partial charge in [-0.2, -0.15) is 0 Å². The van der Waals surface area contributed by atoms with E-state index in [1.807, 2.05) is 67.4 Å². The first-order valence-electron chi connectivity index (χ1n) is 8.32. The lowest BCUT2D eigenvalue weighted by Gasteiger charge is -2.24. The van der Waals surface area contributed by atoms with E-state index in [0.29, 0.717) is 0 Å². The number of likely N-dealkylation sites (N-methyl/N-ethyl adjacent to an activating group) is 1. The minimum atomic E-state index is -0.222. The Bertz CT molecular complexity index is 689. The van der Waals surface area contributed by atoms with Crippen LogP contribution in [0.4, 0.5) is 5.69 Å². The summed E-state index contributed by atoms with van der Waals surface area (Å²) in [6.45, 7) is 2.67. The minimum Gasteiger partial charge on any atom is -0.493 e. The van der Waals surface area contributed by atoms with Crippen molar-refractivity contribution >= 4 is 11.6 Å². The van der Waals surface area contributed by atoms with Gasteiger partial charge in [-0.1, -0.05) is 24.3 Å². The van der Waals surface area contributed by atoms with Gasteiger partial charge in [-0.3, -0.25) is 9.69 Å². The van der Waals surface area contributed by atoms with Crippen molar-refractivity contribution in [3.05, 3.63) is 54.1 Å². The second-order valence-electron chi connectivity index (χ2n) is 5.95. The normalized spacial score (nSPS) is 11.9. The van der Waals surface area contributed by atoms with E-state index >= 15 is 0 Å². The summed E-state index contributed by atoms with van der Waals surface area (Å²) < 4.78 is 10.6. The molecule has 5 heteroatoms. The third-order valence-corrected chi connectivity index (χ3v) is 4.28. The predicted molar refractivity (Wildman–Crippen MR) is 100 cm³/mol. The van der Waals surface area contributed by atoms with E-state index in [1.165, 1.54) is 0 Å². The van der Waals surface area contributed by atoms with Gasteiger partial charge in [0, 0.05) is 12.2 Å². The smallest absolute Gasteiger partial charge is 0.241 e. The molecule has 0 fully saturated rings. The predicted octanol–water partition coefficient (Wildman–Crippen LogP) is 3.21. The average Bonchev–Trinajstić information content (AvgIpc) is 2.65. The van der Waals surface area contributed by atoms with Crippen molar-refractivity contribution in [2.75, 3.05) is 33.1 Å². The molecule has 1 N–H and O–H groups in total. The molecule has 0 aliphatic heterocycles. The summed E-state index contributed by atoms with van der Waals surface area (Å²) in [4.78, 5) is 14.4. The van der Waals surface area contributed by atoms with Crippen LogP contribution < -0.4 is 14.8 Å². The fraction of sp³-hybridized carbons (Fsp3) is 0.350. The van der Waals surface area contributed by atoms with Crippen LogP contribution in [0.15, 0.2) is 48.5 Å². The Labute approximate surface area is 149 Å². The topological polar surface area (TPSA) is 50.8 Å². The number of ether oxygens (including phenoxy) is 2. The minimum absolute atomic E-state index is 0.0130. The summed E-state index contributed by atoms with van der Waals surface area (Å²) in [7, 11) is 5.21. The maximum absolute atomic E-state index is 12.4. The molecule has 0 saturated carbocycles. The van der Waals surface area contributed by atoms with Crippen molar-refractivity contribution < 1.29 is 14.3 Å². The van der Waals surface area contributed by atoms with E-state index in [4.69, 9.17) is 9.47 Å². The number of hydrogen-bond donors (Lipinski definition) is 1. The molecule has 1 amide bonds. The summed E-state index contributed by atoms with van der Waals surface area (Å²) in [5, 5.41) is 2.94. The van der Waals surface area contributed by atoms with Crippen LogP contribution in [0.2, 0.25) is 0 Å². The maximum atomic E-state index is 12.4. The fourth-order valence-electron chi connectivity index (χ4n) is 2.50. The van der Waals surface area contributed by atoms with Crippen LogP contribution in [0.5, 0.6) is 11.5 Å². The zero-order valence-corrected chi connectivity index (χ0v) is 15.3. The molecule has 0 spiro atoms. The van der Waals surface area contributed by atoms with Gasteiger partial charge >= 0.3 is 0 Å². The van der Waals surface area contributed by atoms with E-state index in [1.54, 1.807) is 14.2 Å². The van der Waals surface area contributed by atoms with E-state index in [0.717, 1.165) is 35.7 Å². The van der Waals surface area contributed by atoms with Crippen LogP contribution in [0, 0.1) is 0 Å². The largest absolute Gasteiger partial charge is 0.493 e. The van der Waals surface area contributed by atoms with Gasteiger partial charge in [0.05, 0.1) is 20.3 Å². The molecule has 25 heavy (non-hydrogen) atoms. The van der Waals surface area contributed by atoms with Gasteiger partial charge in [0.15, 0.2) is 11.5 Å². The Morgan fingerprint density at radius 3 is 2.40 bits per heavy atom. The van der Waals surface area contributed by atoms with E-state index in [9.17, 15) is 4.79 Å². The Hall–Kier alpha value is -2.53. The lowest BCUT2D eigenvalue weighted by molar-refractivity contribution is -0.120. The number of nitrogens with zero attached hydrogens (tertiary/aromatic N) is 1. The summed E-state index contributed by atoms with van der Waals surface area (Å²) >= 11 is 0. The van der Waals surface area contributed by atoms with Crippen molar-refractivity contribution in [1.29, 1.82) is 0 Å². The van der Waals surface area contributed by atoms with Crippen molar-refractivity contribution in [1.82, 2.24) is 4.90 Å². The molecule has 2 aromatic carbocycles. The second-order valence-corrected chi connectivity index (χ2v) is 5.95. The molecule has 0 saturated heterocycles. The third-order valence-electron chi connectivity index (χ3n) is 4.28. The number of para-hydroxylation sites is 1. The summed E-state index contributed by atoms with van der Waals surface area (Å²) in [6, 6.07) is 15.2. The molecule has 0 aliphatic carbocycles. The van der Waals surface area contributed by atoms with Gasteiger partial charge in [-0.25, -0.2) is 0 Å². The van der Waals surface area contributed by atoms with Crippen LogP contribution in [-0.2, 0) is 11.2 Å². The highest BCUT2D eigenvalue weighted by Crippen LogP contribution is 2.27. The monoisotopic (exact) mass is 342 g/mol. The first kappa shape index (κ1) is 18.8. The molecule has 2 rings (SSSR count). The number of carbonyl (C=O) groups is 1. The maximum Gasteiger partial charge on any atom is 0.241 e. The van der Waals surface area contributed by atoms with Crippen LogP contribution in [0.3, 0.4) is 0 Å². The first-order chi connectivity index (χ1) is 12.0. The number of rotatable bonds is 8. The lowest BCUT2D eigenvalue weighted by Crippen LogP contribution is -2.40. The Morgan fingerprint density at radius 1 is 1.08 bits per heavy atom. The van der Waals surface area contributed by atoms with Gasteiger partial charge < -0.3 is 14.8 Å². The van der Waals surface area contributed by atoms with E-state index in [2.05, 4.69) is 5.32 Å². The molecule has 0 aliphatic rings. The van der Waals surface area contributed by atoms with Gasteiger partial charge in [-0.15, -0.1) is 0 Å².